The molecule has 0 spiro atoms. The Hall–Kier alpha value is -2.57. The van der Waals surface area contributed by atoms with Crippen molar-refractivity contribution in [2.75, 3.05) is 76.7 Å². The van der Waals surface area contributed by atoms with Gasteiger partial charge in [0.15, 0.2) is 0 Å². The molecular weight excluding hydrogens is 727 g/mol. The highest BCUT2D eigenvalue weighted by molar-refractivity contribution is 7.91. The minimum absolute atomic E-state index is 0.209. The van der Waals surface area contributed by atoms with Crippen molar-refractivity contribution in [1.82, 2.24) is 19.7 Å². The van der Waals surface area contributed by atoms with E-state index in [0.717, 1.165) is 63.8 Å². The normalized spacial score (nSPS) is 19.3. The minimum atomic E-state index is -3.92. The Kier molecular flexibility index (Phi) is 15.8. The number of benzene rings is 2. The molecule has 55 heavy (non-hydrogen) atoms. The zero-order valence-electron chi connectivity index (χ0n) is 33.9. The first-order valence-corrected chi connectivity index (χ1v) is 24.5. The molecule has 9 nitrogen and oxygen atoms in total. The number of pyridine rings is 1. The second-order valence-corrected chi connectivity index (χ2v) is 19.4. The van der Waals surface area contributed by atoms with Crippen LogP contribution >= 0.6 is 0 Å². The Labute approximate surface area is 334 Å². The van der Waals surface area contributed by atoms with E-state index >= 15 is 0 Å². The molecule has 2 aromatic carbocycles. The van der Waals surface area contributed by atoms with Gasteiger partial charge in [0.25, 0.3) is 0 Å². The van der Waals surface area contributed by atoms with Gasteiger partial charge in [-0.2, -0.15) is 0 Å². The van der Waals surface area contributed by atoms with E-state index in [4.69, 9.17) is 4.74 Å². The van der Waals surface area contributed by atoms with Crippen molar-refractivity contribution in [2.24, 2.45) is 0 Å². The molecule has 11 heteroatoms. The third-order valence-corrected chi connectivity index (χ3v) is 15.2. The summed E-state index contributed by atoms with van der Waals surface area (Å²) in [5.41, 5.74) is 1.39. The van der Waals surface area contributed by atoms with Crippen LogP contribution in [0.15, 0.2) is 63.3 Å². The van der Waals surface area contributed by atoms with Gasteiger partial charge in [-0.3, -0.25) is 14.1 Å². The van der Waals surface area contributed by atoms with Crippen LogP contribution in [0.4, 0.5) is 5.69 Å². The van der Waals surface area contributed by atoms with Gasteiger partial charge in [-0.1, -0.05) is 71.6 Å². The fourth-order valence-corrected chi connectivity index (χ4v) is 11.0. The van der Waals surface area contributed by atoms with Crippen molar-refractivity contribution in [3.05, 3.63) is 48.7 Å². The SMILES string of the molecule is CCCCCCCCCCCCOc1ccc(S(=O)(=O)c2cnc3ccc(S(C)=O)cc3c2N2CCC(N3CCC(N4CCN(CC)CC4)CC3)CC2)cc1. The van der Waals surface area contributed by atoms with E-state index < -0.39 is 20.6 Å². The Morgan fingerprint density at radius 3 is 1.91 bits per heavy atom. The Bertz CT molecular complexity index is 1760. The summed E-state index contributed by atoms with van der Waals surface area (Å²) in [6.07, 6.45) is 20.3. The Morgan fingerprint density at radius 1 is 0.727 bits per heavy atom. The lowest BCUT2D eigenvalue weighted by molar-refractivity contribution is 0.0449. The van der Waals surface area contributed by atoms with E-state index in [0.29, 0.717) is 40.5 Å². The Balaban J connectivity index is 1.08. The summed E-state index contributed by atoms with van der Waals surface area (Å²) in [6.45, 7) is 14.8. The van der Waals surface area contributed by atoms with Crippen LogP contribution in [0.5, 0.6) is 5.75 Å². The second-order valence-electron chi connectivity index (χ2n) is 16.1. The van der Waals surface area contributed by atoms with Gasteiger partial charge in [0.2, 0.25) is 9.84 Å². The fourth-order valence-electron chi connectivity index (χ4n) is 8.98. The highest BCUT2D eigenvalue weighted by atomic mass is 32.2. The predicted molar refractivity (Wildman–Crippen MR) is 227 cm³/mol. The zero-order chi connectivity index (χ0) is 38.6. The number of ether oxygens (including phenoxy) is 1. The van der Waals surface area contributed by atoms with E-state index in [2.05, 4.69) is 38.4 Å². The number of fused-ring (bicyclic) bond motifs is 1. The number of rotatable bonds is 19. The molecule has 0 amide bonds. The number of unbranched alkanes of at least 4 members (excludes halogenated alkanes) is 9. The summed E-state index contributed by atoms with van der Waals surface area (Å²) < 4.78 is 47.5. The molecular formula is C44H67N5O4S2. The van der Waals surface area contributed by atoms with E-state index in [1.807, 2.05) is 18.2 Å². The number of nitrogens with zero attached hydrogens (tertiary/aromatic N) is 5. The number of likely N-dealkylation sites (N-methyl/N-ethyl adjacent to an activating group) is 1. The van der Waals surface area contributed by atoms with Crippen LogP contribution in [0, 0.1) is 0 Å². The average molecular weight is 794 g/mol. The first kappa shape index (κ1) is 42.0. The van der Waals surface area contributed by atoms with Crippen LogP contribution in [0.1, 0.15) is 104 Å². The maximum absolute atomic E-state index is 14.5. The molecule has 3 fully saturated rings. The highest BCUT2D eigenvalue weighted by Crippen LogP contribution is 2.39. The van der Waals surface area contributed by atoms with E-state index in [1.165, 1.54) is 96.6 Å². The van der Waals surface area contributed by atoms with Crippen molar-refractivity contribution in [2.45, 2.75) is 131 Å². The number of anilines is 1. The number of sulfone groups is 1. The van der Waals surface area contributed by atoms with Gasteiger partial charge in [-0.15, -0.1) is 0 Å². The summed E-state index contributed by atoms with van der Waals surface area (Å²) in [6, 6.07) is 13.6. The molecule has 6 rings (SSSR count). The first-order chi connectivity index (χ1) is 26.8. The molecule has 3 saturated heterocycles. The topological polar surface area (TPSA) is 86.3 Å². The molecule has 1 aromatic heterocycles. The van der Waals surface area contributed by atoms with Gasteiger partial charge in [0.05, 0.1) is 22.7 Å². The third-order valence-electron chi connectivity index (χ3n) is 12.5. The number of piperazine rings is 1. The zero-order valence-corrected chi connectivity index (χ0v) is 35.6. The van der Waals surface area contributed by atoms with Gasteiger partial charge >= 0.3 is 0 Å². The summed E-state index contributed by atoms with van der Waals surface area (Å²) in [7, 11) is -5.13. The molecule has 1 unspecified atom stereocenters. The number of hydrogen-bond donors (Lipinski definition) is 0. The Morgan fingerprint density at radius 2 is 1.31 bits per heavy atom. The molecule has 1 atom stereocenters. The van der Waals surface area contributed by atoms with Crippen molar-refractivity contribution in [3.8, 4) is 5.75 Å². The molecule has 0 N–H and O–H groups in total. The highest BCUT2D eigenvalue weighted by Gasteiger charge is 2.34. The largest absolute Gasteiger partial charge is 0.494 e. The van der Waals surface area contributed by atoms with E-state index in [-0.39, 0.29) is 9.79 Å². The minimum Gasteiger partial charge on any atom is -0.494 e. The monoisotopic (exact) mass is 793 g/mol. The van der Waals surface area contributed by atoms with Gasteiger partial charge in [0, 0.05) is 84.9 Å². The van der Waals surface area contributed by atoms with Crippen LogP contribution in [-0.2, 0) is 20.6 Å². The molecule has 0 radical (unpaired) electrons. The lowest BCUT2D eigenvalue weighted by Crippen LogP contribution is -2.55. The molecule has 3 aliphatic heterocycles. The molecule has 304 valence electrons. The summed E-state index contributed by atoms with van der Waals surface area (Å²) in [5.74, 6) is 0.687. The van der Waals surface area contributed by atoms with Crippen LogP contribution < -0.4 is 9.64 Å². The smallest absolute Gasteiger partial charge is 0.210 e. The van der Waals surface area contributed by atoms with Crippen LogP contribution in [0.25, 0.3) is 10.9 Å². The fraction of sp³-hybridized carbons (Fsp3) is 0.659. The maximum atomic E-state index is 14.5. The lowest BCUT2D eigenvalue weighted by atomic mass is 9.96. The van der Waals surface area contributed by atoms with Crippen molar-refractivity contribution in [1.29, 1.82) is 0 Å². The van der Waals surface area contributed by atoms with E-state index in [9.17, 15) is 12.6 Å². The van der Waals surface area contributed by atoms with E-state index in [1.54, 1.807) is 30.5 Å². The standard InChI is InChI=1S/C44H67N5O4S2/c1-4-6-7-8-9-10-11-12-13-14-33-53-38-15-18-40(19-16-38)55(51,52)43-35-45-42-20-17-39(54(3)50)34-41(42)44(43)49-27-23-36(24-28-49)47-25-21-37(22-26-47)48-31-29-46(5-2)30-32-48/h15-20,34-37H,4-14,21-33H2,1-3H3. The molecule has 0 bridgehead atoms. The third kappa shape index (κ3) is 11.1. The number of aromatic nitrogens is 1. The average Bonchev–Trinajstić information content (AvgIpc) is 3.22. The maximum Gasteiger partial charge on any atom is 0.210 e. The molecule has 3 aromatic rings. The lowest BCUT2D eigenvalue weighted by Gasteiger charge is -2.46. The van der Waals surface area contributed by atoms with Gasteiger partial charge in [-0.05, 0) is 94.2 Å². The summed E-state index contributed by atoms with van der Waals surface area (Å²) >= 11 is 0. The van der Waals surface area contributed by atoms with Crippen LogP contribution in [-0.4, -0.2) is 116 Å². The van der Waals surface area contributed by atoms with Crippen LogP contribution in [0.3, 0.4) is 0 Å². The molecule has 4 heterocycles. The summed E-state index contributed by atoms with van der Waals surface area (Å²) in [5, 5.41) is 0.743. The molecule has 3 aliphatic rings. The number of piperidine rings is 2. The van der Waals surface area contributed by atoms with Crippen molar-refractivity contribution >= 4 is 37.2 Å². The quantitative estimate of drug-likeness (QED) is 0.112. The molecule has 0 saturated carbocycles. The number of likely N-dealkylation sites (tertiary alicyclic amines) is 1. The molecule has 0 aliphatic carbocycles. The summed E-state index contributed by atoms with van der Waals surface area (Å²) in [4.78, 5) is 16.0. The first-order valence-electron chi connectivity index (χ1n) is 21.5. The van der Waals surface area contributed by atoms with Gasteiger partial charge in [-0.25, -0.2) is 8.42 Å². The predicted octanol–water partition coefficient (Wildman–Crippen LogP) is 8.18. The van der Waals surface area contributed by atoms with Gasteiger partial charge < -0.3 is 19.4 Å². The van der Waals surface area contributed by atoms with Crippen molar-refractivity contribution in [3.63, 3.8) is 0 Å². The second kappa shape index (κ2) is 20.7. The van der Waals surface area contributed by atoms with Crippen LogP contribution in [0.2, 0.25) is 0 Å². The van der Waals surface area contributed by atoms with Crippen molar-refractivity contribution < 1.29 is 17.4 Å². The van der Waals surface area contributed by atoms with Gasteiger partial charge in [0.1, 0.15) is 10.6 Å². The number of hydrogen-bond acceptors (Lipinski definition) is 9.